The van der Waals surface area contributed by atoms with Crippen molar-refractivity contribution in [1.29, 1.82) is 0 Å². The Hall–Kier alpha value is 0.708. The van der Waals surface area contributed by atoms with Gasteiger partial charge in [0, 0.05) is 0 Å². The van der Waals surface area contributed by atoms with Gasteiger partial charge in [0.25, 0.3) is 0 Å². The lowest BCUT2D eigenvalue weighted by atomic mass is 11.0. The molecule has 0 aromatic heterocycles. The minimum atomic E-state index is -1.99. The largest absolute Gasteiger partial charge is 0.433 e. The lowest BCUT2D eigenvalue weighted by Gasteiger charge is -2.15. The van der Waals surface area contributed by atoms with Crippen molar-refractivity contribution in [3.63, 3.8) is 0 Å². The van der Waals surface area contributed by atoms with E-state index in [2.05, 4.69) is 0 Å². The Bertz CT molecular complexity index is 112. The fourth-order valence-corrected chi connectivity index (χ4v) is 20.2. The Morgan fingerprint density at radius 1 is 1.00 bits per heavy atom. The van der Waals surface area contributed by atoms with Crippen molar-refractivity contribution in [2.75, 3.05) is 0 Å². The average Bonchev–Trinajstić information content (AvgIpc) is 2.00. The summed E-state index contributed by atoms with van der Waals surface area (Å²) in [4.78, 5) is 36.8. The third kappa shape index (κ3) is 3.75. The normalized spacial score (nSPS) is 12.5. The van der Waals surface area contributed by atoms with Gasteiger partial charge in [-0.3, -0.25) is 0 Å². The molecule has 0 aliphatic heterocycles. The molecule has 4 nitrogen and oxygen atoms in total. The van der Waals surface area contributed by atoms with Crippen LogP contribution in [-0.2, 0) is 0 Å². The molecule has 0 bridgehead atoms. The highest BCUT2D eigenvalue weighted by molar-refractivity contribution is 7.58. The van der Waals surface area contributed by atoms with Gasteiger partial charge in [-0.15, -0.1) is 0 Å². The molecular weight excluding hydrogens is 212 g/mol. The zero-order valence-electron chi connectivity index (χ0n) is 6.50. The molecule has 0 atom stereocenters. The third-order valence-electron chi connectivity index (χ3n) is 1.18. The van der Waals surface area contributed by atoms with Gasteiger partial charge in [0.2, 0.25) is 33.3 Å². The highest BCUT2D eigenvalue weighted by atomic mass is 29.8. The molecule has 0 aromatic carbocycles. The summed E-state index contributed by atoms with van der Waals surface area (Å²) in [6.07, 6.45) is 0. The molecule has 4 radical (unpaired) electrons. The molecule has 0 spiro atoms. The van der Waals surface area contributed by atoms with E-state index in [0.717, 1.165) is 0 Å². The summed E-state index contributed by atoms with van der Waals surface area (Å²) in [6, 6.07) is 0.541. The number of rotatable bonds is 4. The van der Waals surface area contributed by atoms with Gasteiger partial charge in [-0.1, -0.05) is 6.92 Å². The molecule has 64 valence electrons. The van der Waals surface area contributed by atoms with E-state index >= 15 is 0 Å². The lowest BCUT2D eigenvalue weighted by molar-refractivity contribution is 0.532. The smallest absolute Gasteiger partial charge is 0.241 e. The highest BCUT2D eigenvalue weighted by Gasteiger charge is 2.36. The number of hydrogen-bond donors (Lipinski definition) is 4. The first kappa shape index (κ1) is 11.7. The van der Waals surface area contributed by atoms with E-state index in [1.54, 1.807) is 13.5 Å². The fraction of sp³-hybridized carbons (Fsp3) is 1.00. The van der Waals surface area contributed by atoms with Crippen molar-refractivity contribution in [2.45, 2.75) is 19.5 Å². The first-order valence-corrected chi connectivity index (χ1v) is 12.7. The van der Waals surface area contributed by atoms with E-state index in [9.17, 15) is 14.4 Å². The van der Waals surface area contributed by atoms with Crippen LogP contribution >= 0.6 is 0 Å². The van der Waals surface area contributed by atoms with Crippen molar-refractivity contribution < 1.29 is 19.2 Å². The Kier molecular flexibility index (Phi) is 5.72. The van der Waals surface area contributed by atoms with E-state index in [1.807, 2.05) is 0 Å². The second-order valence-corrected chi connectivity index (χ2v) is 18.8. The summed E-state index contributed by atoms with van der Waals surface area (Å²) in [6.45, 7) is 3.33. The SMILES string of the molecule is CC[Si](O)[Si](O)[Si](O)[Si](C)O. The predicted octanol–water partition coefficient (Wildman–Crippen LogP) is -2.19. The maximum atomic E-state index is 9.31. The monoisotopic (exact) mass is 224 g/mol. The molecule has 0 amide bonds. The average molecular weight is 224 g/mol. The molecule has 0 saturated carbocycles. The van der Waals surface area contributed by atoms with Gasteiger partial charge in [-0.25, -0.2) is 0 Å². The highest BCUT2D eigenvalue weighted by Crippen LogP contribution is 1.95. The van der Waals surface area contributed by atoms with Crippen LogP contribution in [0.5, 0.6) is 0 Å². The molecule has 0 aliphatic rings. The Morgan fingerprint density at radius 2 is 1.45 bits per heavy atom. The van der Waals surface area contributed by atoms with E-state index in [4.69, 9.17) is 4.80 Å². The Morgan fingerprint density at radius 3 is 1.73 bits per heavy atom. The summed E-state index contributed by atoms with van der Waals surface area (Å²) in [5.41, 5.74) is 0. The summed E-state index contributed by atoms with van der Waals surface area (Å²) < 4.78 is 0. The van der Waals surface area contributed by atoms with E-state index < -0.39 is 33.3 Å². The van der Waals surface area contributed by atoms with Gasteiger partial charge in [0.1, 0.15) is 0 Å². The fourth-order valence-electron chi connectivity index (χ4n) is 0.475. The molecule has 0 fully saturated rings. The van der Waals surface area contributed by atoms with Gasteiger partial charge < -0.3 is 19.2 Å². The zero-order valence-corrected chi connectivity index (χ0v) is 10.5. The Labute approximate surface area is 72.4 Å². The van der Waals surface area contributed by atoms with E-state index in [-0.39, 0.29) is 0 Å². The van der Waals surface area contributed by atoms with Gasteiger partial charge >= 0.3 is 0 Å². The molecule has 8 heteroatoms. The van der Waals surface area contributed by atoms with Gasteiger partial charge in [0.05, 0.1) is 0 Å². The van der Waals surface area contributed by atoms with Crippen LogP contribution in [0.15, 0.2) is 0 Å². The van der Waals surface area contributed by atoms with Crippen molar-refractivity contribution in [3.8, 4) is 0 Å². The standard InChI is InChI=1S/C3H12O4Si4/c1-3-9(5)11(7)10(6)8(2)4/h4-7H,3H2,1-2H3. The van der Waals surface area contributed by atoms with Crippen LogP contribution in [-0.4, -0.2) is 52.4 Å². The summed E-state index contributed by atoms with van der Waals surface area (Å²) in [7, 11) is -7.45. The van der Waals surface area contributed by atoms with Crippen molar-refractivity contribution in [2.24, 2.45) is 0 Å². The predicted molar refractivity (Wildman–Crippen MR) is 48.2 cm³/mol. The molecule has 11 heavy (non-hydrogen) atoms. The van der Waals surface area contributed by atoms with Crippen molar-refractivity contribution in [1.82, 2.24) is 0 Å². The third-order valence-corrected chi connectivity index (χ3v) is 22.0. The van der Waals surface area contributed by atoms with Gasteiger partial charge in [-0.05, 0) is 12.6 Å². The second-order valence-electron chi connectivity index (χ2n) is 2.08. The molecule has 0 saturated heterocycles. The van der Waals surface area contributed by atoms with Crippen LogP contribution in [0, 0.1) is 0 Å². The first-order chi connectivity index (χ1) is 5.00. The maximum Gasteiger partial charge on any atom is 0.241 e. The van der Waals surface area contributed by atoms with Crippen molar-refractivity contribution in [3.05, 3.63) is 0 Å². The van der Waals surface area contributed by atoms with Crippen molar-refractivity contribution >= 4 is 33.3 Å². The maximum absolute atomic E-state index is 9.31. The van der Waals surface area contributed by atoms with E-state index in [0.29, 0.717) is 6.04 Å². The minimum absolute atomic E-state index is 0.541. The van der Waals surface area contributed by atoms with Crippen LogP contribution in [0.1, 0.15) is 6.92 Å². The quantitative estimate of drug-likeness (QED) is 0.409. The van der Waals surface area contributed by atoms with Crippen LogP contribution < -0.4 is 0 Å². The molecule has 4 N–H and O–H groups in total. The summed E-state index contributed by atoms with van der Waals surface area (Å²) in [5, 5.41) is 0. The van der Waals surface area contributed by atoms with Crippen LogP contribution in [0.3, 0.4) is 0 Å². The summed E-state index contributed by atoms with van der Waals surface area (Å²) in [5.74, 6) is 0. The molecular formula is C3H12O4Si4. The second kappa shape index (κ2) is 5.37. The first-order valence-electron chi connectivity index (χ1n) is 3.21. The van der Waals surface area contributed by atoms with Crippen LogP contribution in [0.2, 0.25) is 12.6 Å². The molecule has 0 aromatic rings. The van der Waals surface area contributed by atoms with Crippen LogP contribution in [0.4, 0.5) is 0 Å². The lowest BCUT2D eigenvalue weighted by Crippen LogP contribution is -2.56. The zero-order chi connectivity index (χ0) is 9.02. The van der Waals surface area contributed by atoms with E-state index in [1.165, 1.54) is 0 Å². The summed E-state index contributed by atoms with van der Waals surface area (Å²) >= 11 is 0. The Balaban J connectivity index is 3.90. The van der Waals surface area contributed by atoms with Gasteiger partial charge in [-0.2, -0.15) is 0 Å². The topological polar surface area (TPSA) is 80.9 Å². The molecule has 0 heterocycles. The minimum Gasteiger partial charge on any atom is -0.433 e. The van der Waals surface area contributed by atoms with Crippen LogP contribution in [0.25, 0.3) is 0 Å². The van der Waals surface area contributed by atoms with Gasteiger partial charge in [0.15, 0.2) is 0 Å². The molecule has 0 rings (SSSR count). The number of hydrogen-bond acceptors (Lipinski definition) is 4. The molecule has 0 unspecified atom stereocenters. The molecule has 0 aliphatic carbocycles.